The number of nitrogens with zero attached hydrogens (tertiary/aromatic N) is 4. The summed E-state index contributed by atoms with van der Waals surface area (Å²) in [4.78, 5) is 14.7. The molecule has 3 aliphatic rings. The summed E-state index contributed by atoms with van der Waals surface area (Å²) in [5.41, 5.74) is 3.43. The number of hydrogen-bond donors (Lipinski definition) is 0. The Kier molecular flexibility index (Phi) is 6.05. The summed E-state index contributed by atoms with van der Waals surface area (Å²) in [6.07, 6.45) is 2.98. The number of rotatable bonds is 6. The lowest BCUT2D eigenvalue weighted by Gasteiger charge is -2.34. The van der Waals surface area contributed by atoms with E-state index in [1.165, 1.54) is 5.56 Å². The smallest absolute Gasteiger partial charge is 0.160 e. The molecule has 4 heterocycles. The van der Waals surface area contributed by atoms with Crippen molar-refractivity contribution in [2.75, 3.05) is 43.6 Å². The average Bonchev–Trinajstić information content (AvgIpc) is 3.39. The van der Waals surface area contributed by atoms with Crippen molar-refractivity contribution in [3.8, 4) is 5.75 Å². The molecule has 0 aliphatic carbocycles. The van der Waals surface area contributed by atoms with E-state index < -0.39 is 0 Å². The minimum atomic E-state index is 0.00163. The molecule has 0 bridgehead atoms. The van der Waals surface area contributed by atoms with E-state index in [0.717, 1.165) is 60.8 Å². The zero-order valence-corrected chi connectivity index (χ0v) is 19.1. The molecular formula is C24H30N4O2S. The van der Waals surface area contributed by atoms with Crippen LogP contribution in [0.15, 0.2) is 47.6 Å². The molecule has 31 heavy (non-hydrogen) atoms. The SMILES string of the molecule is CCOc1cc([C@@H]2[C@@H](c3ccccn3)N=C3SC[C@H](CC)N32)ccc1N1CCOCC1. The maximum absolute atomic E-state index is 6.14. The molecule has 0 radical (unpaired) electrons. The third kappa shape index (κ3) is 3.89. The molecule has 0 amide bonds. The van der Waals surface area contributed by atoms with Crippen molar-refractivity contribution in [3.05, 3.63) is 53.9 Å². The van der Waals surface area contributed by atoms with Crippen LogP contribution in [-0.4, -0.2) is 59.8 Å². The third-order valence-corrected chi connectivity index (χ3v) is 7.43. The van der Waals surface area contributed by atoms with E-state index in [0.29, 0.717) is 12.6 Å². The molecule has 2 saturated heterocycles. The lowest BCUT2D eigenvalue weighted by molar-refractivity contribution is 0.122. The van der Waals surface area contributed by atoms with Crippen LogP contribution < -0.4 is 9.64 Å². The zero-order chi connectivity index (χ0) is 21.2. The molecule has 1 aromatic heterocycles. The largest absolute Gasteiger partial charge is 0.492 e. The van der Waals surface area contributed by atoms with Gasteiger partial charge in [-0.1, -0.05) is 30.8 Å². The minimum Gasteiger partial charge on any atom is -0.492 e. The number of morpholine rings is 1. The van der Waals surface area contributed by atoms with Gasteiger partial charge in [0.25, 0.3) is 0 Å². The van der Waals surface area contributed by atoms with Crippen molar-refractivity contribution >= 4 is 22.6 Å². The summed E-state index contributed by atoms with van der Waals surface area (Å²) in [6, 6.07) is 13.5. The Labute approximate surface area is 188 Å². The van der Waals surface area contributed by atoms with Gasteiger partial charge in [-0.2, -0.15) is 0 Å². The van der Waals surface area contributed by atoms with Crippen molar-refractivity contribution < 1.29 is 9.47 Å². The van der Waals surface area contributed by atoms with E-state index >= 15 is 0 Å². The van der Waals surface area contributed by atoms with Gasteiger partial charge in [0.05, 0.1) is 37.2 Å². The van der Waals surface area contributed by atoms with Crippen molar-refractivity contribution in [3.63, 3.8) is 0 Å². The molecule has 0 spiro atoms. The van der Waals surface area contributed by atoms with Crippen LogP contribution in [0.1, 0.15) is 43.6 Å². The molecule has 6 nitrogen and oxygen atoms in total. The van der Waals surface area contributed by atoms with Gasteiger partial charge in [0.1, 0.15) is 11.8 Å². The Morgan fingerprint density at radius 1 is 1.16 bits per heavy atom. The zero-order valence-electron chi connectivity index (χ0n) is 18.2. The molecule has 0 unspecified atom stereocenters. The number of thioether (sulfide) groups is 1. The summed E-state index contributed by atoms with van der Waals surface area (Å²) in [7, 11) is 0. The van der Waals surface area contributed by atoms with Crippen LogP contribution in [0.3, 0.4) is 0 Å². The predicted molar refractivity (Wildman–Crippen MR) is 126 cm³/mol. The first-order chi connectivity index (χ1) is 15.3. The van der Waals surface area contributed by atoms with Crippen LogP contribution in [-0.2, 0) is 4.74 Å². The summed E-state index contributed by atoms with van der Waals surface area (Å²) in [5.74, 6) is 2.06. The van der Waals surface area contributed by atoms with E-state index in [-0.39, 0.29) is 12.1 Å². The first-order valence-corrected chi connectivity index (χ1v) is 12.3. The number of hydrogen-bond acceptors (Lipinski definition) is 7. The summed E-state index contributed by atoms with van der Waals surface area (Å²) >= 11 is 1.88. The van der Waals surface area contributed by atoms with E-state index in [1.54, 1.807) is 0 Å². The van der Waals surface area contributed by atoms with Gasteiger partial charge >= 0.3 is 0 Å². The number of ether oxygens (including phenoxy) is 2. The van der Waals surface area contributed by atoms with Crippen molar-refractivity contribution in [2.45, 2.75) is 38.4 Å². The van der Waals surface area contributed by atoms with E-state index in [9.17, 15) is 0 Å². The Morgan fingerprint density at radius 3 is 2.77 bits per heavy atom. The first kappa shape index (κ1) is 20.6. The number of aromatic nitrogens is 1. The second kappa shape index (κ2) is 9.09. The standard InChI is InChI=1S/C24H30N4O2S/c1-3-18-16-31-24-26-22(19-7-5-6-10-25-19)23(28(18)24)17-8-9-20(21(15-17)30-4-2)27-11-13-29-14-12-27/h5-10,15,18,22-23H,3-4,11-14,16H2,1-2H3/t18-,22+,23+/m0/s1. The molecule has 7 heteroatoms. The molecule has 2 fully saturated rings. The number of benzene rings is 1. The summed E-state index contributed by atoms with van der Waals surface area (Å²) < 4.78 is 11.7. The monoisotopic (exact) mass is 438 g/mol. The summed E-state index contributed by atoms with van der Waals surface area (Å²) in [5, 5.41) is 1.16. The van der Waals surface area contributed by atoms with Crippen molar-refractivity contribution in [1.29, 1.82) is 0 Å². The molecule has 0 saturated carbocycles. The molecule has 1 aromatic carbocycles. The Morgan fingerprint density at radius 2 is 2.03 bits per heavy atom. The number of anilines is 1. The highest BCUT2D eigenvalue weighted by Crippen LogP contribution is 2.49. The molecule has 164 valence electrons. The van der Waals surface area contributed by atoms with Gasteiger partial charge < -0.3 is 19.3 Å². The fraction of sp³-hybridized carbons (Fsp3) is 0.500. The van der Waals surface area contributed by atoms with Crippen LogP contribution in [0.2, 0.25) is 0 Å². The van der Waals surface area contributed by atoms with Gasteiger partial charge in [0.2, 0.25) is 0 Å². The average molecular weight is 439 g/mol. The van der Waals surface area contributed by atoms with Crippen LogP contribution in [0.4, 0.5) is 5.69 Å². The maximum Gasteiger partial charge on any atom is 0.160 e. The number of pyridine rings is 1. The van der Waals surface area contributed by atoms with Gasteiger partial charge in [0.15, 0.2) is 5.17 Å². The molecule has 3 aliphatic heterocycles. The molecule has 3 atom stereocenters. The fourth-order valence-electron chi connectivity index (χ4n) is 4.76. The maximum atomic E-state index is 6.14. The Balaban J connectivity index is 1.54. The predicted octanol–water partition coefficient (Wildman–Crippen LogP) is 4.30. The van der Waals surface area contributed by atoms with Gasteiger partial charge in [0, 0.05) is 31.1 Å². The molecular weight excluding hydrogens is 408 g/mol. The second-order valence-corrected chi connectivity index (χ2v) is 9.08. The normalized spacial score (nSPS) is 25.5. The first-order valence-electron chi connectivity index (χ1n) is 11.3. The highest BCUT2D eigenvalue weighted by molar-refractivity contribution is 8.14. The van der Waals surface area contributed by atoms with Gasteiger partial charge in [-0.25, -0.2) is 0 Å². The number of aliphatic imine (C=N–C) groups is 1. The minimum absolute atomic E-state index is 0.00163. The molecule has 2 aromatic rings. The molecule has 5 rings (SSSR count). The van der Waals surface area contributed by atoms with Crippen LogP contribution >= 0.6 is 11.8 Å². The molecule has 0 N–H and O–H groups in total. The topological polar surface area (TPSA) is 50.2 Å². The van der Waals surface area contributed by atoms with Crippen LogP contribution in [0, 0.1) is 0 Å². The van der Waals surface area contributed by atoms with E-state index in [2.05, 4.69) is 52.0 Å². The lowest BCUT2D eigenvalue weighted by Crippen LogP contribution is -2.37. The van der Waals surface area contributed by atoms with Gasteiger partial charge in [-0.05, 0) is 43.2 Å². The van der Waals surface area contributed by atoms with E-state index in [1.807, 2.05) is 30.9 Å². The van der Waals surface area contributed by atoms with Crippen molar-refractivity contribution in [1.82, 2.24) is 9.88 Å². The lowest BCUT2D eigenvalue weighted by atomic mass is 9.94. The van der Waals surface area contributed by atoms with Crippen LogP contribution in [0.5, 0.6) is 5.75 Å². The van der Waals surface area contributed by atoms with Gasteiger partial charge in [-0.3, -0.25) is 9.98 Å². The number of fused-ring (bicyclic) bond motifs is 1. The quantitative estimate of drug-likeness (QED) is 0.670. The highest BCUT2D eigenvalue weighted by Gasteiger charge is 2.45. The van der Waals surface area contributed by atoms with Crippen LogP contribution in [0.25, 0.3) is 0 Å². The fourth-order valence-corrected chi connectivity index (χ4v) is 6.10. The number of amidine groups is 1. The second-order valence-electron chi connectivity index (χ2n) is 8.10. The summed E-state index contributed by atoms with van der Waals surface area (Å²) in [6.45, 7) is 8.28. The Bertz CT molecular complexity index is 932. The Hall–Kier alpha value is -2.25. The van der Waals surface area contributed by atoms with E-state index in [4.69, 9.17) is 14.5 Å². The third-order valence-electron chi connectivity index (χ3n) is 6.31. The van der Waals surface area contributed by atoms with Crippen molar-refractivity contribution in [2.24, 2.45) is 4.99 Å². The van der Waals surface area contributed by atoms with Gasteiger partial charge in [-0.15, -0.1) is 0 Å². The highest BCUT2D eigenvalue weighted by atomic mass is 32.2.